The molecule has 2 saturated carbocycles. The minimum absolute atomic E-state index is 0.0979. The lowest BCUT2D eigenvalue weighted by molar-refractivity contribution is -0.143. The SMILES string of the molecule is CCO[CH]C=C1CC2CC1CC2C(=O)O. The van der Waals surface area contributed by atoms with E-state index in [9.17, 15) is 4.79 Å². The monoisotopic (exact) mass is 209 g/mol. The predicted octanol–water partition coefficient (Wildman–Crippen LogP) is 2.24. The maximum absolute atomic E-state index is 10.9. The summed E-state index contributed by atoms with van der Waals surface area (Å²) in [7, 11) is 0. The Morgan fingerprint density at radius 1 is 1.60 bits per heavy atom. The fraction of sp³-hybridized carbons (Fsp3) is 0.667. The third-order valence-electron chi connectivity index (χ3n) is 3.58. The van der Waals surface area contributed by atoms with Gasteiger partial charge in [-0.3, -0.25) is 4.79 Å². The number of fused-ring (bicyclic) bond motifs is 2. The lowest BCUT2D eigenvalue weighted by atomic mass is 9.86. The van der Waals surface area contributed by atoms with Gasteiger partial charge in [0.25, 0.3) is 0 Å². The maximum Gasteiger partial charge on any atom is 0.306 e. The van der Waals surface area contributed by atoms with E-state index in [1.165, 1.54) is 5.57 Å². The van der Waals surface area contributed by atoms with Crippen LogP contribution in [-0.2, 0) is 9.53 Å². The zero-order valence-corrected chi connectivity index (χ0v) is 8.98. The van der Waals surface area contributed by atoms with Crippen molar-refractivity contribution < 1.29 is 14.6 Å². The number of carboxylic acid groups (broad SMARTS) is 1. The number of allylic oxidation sites excluding steroid dienone is 1. The van der Waals surface area contributed by atoms with Crippen molar-refractivity contribution in [3.8, 4) is 0 Å². The van der Waals surface area contributed by atoms with E-state index >= 15 is 0 Å². The Kier molecular flexibility index (Phi) is 3.10. The molecule has 3 nitrogen and oxygen atoms in total. The van der Waals surface area contributed by atoms with Crippen LogP contribution in [0.3, 0.4) is 0 Å². The summed E-state index contributed by atoms with van der Waals surface area (Å²) in [6.45, 7) is 4.39. The van der Waals surface area contributed by atoms with Crippen molar-refractivity contribution >= 4 is 5.97 Å². The fourth-order valence-electron chi connectivity index (χ4n) is 2.86. The normalized spacial score (nSPS) is 36.3. The topological polar surface area (TPSA) is 46.5 Å². The molecule has 0 spiro atoms. The van der Waals surface area contributed by atoms with Crippen molar-refractivity contribution in [3.63, 3.8) is 0 Å². The van der Waals surface area contributed by atoms with Gasteiger partial charge in [-0.25, -0.2) is 0 Å². The van der Waals surface area contributed by atoms with Crippen LogP contribution in [0.15, 0.2) is 11.6 Å². The first-order valence-corrected chi connectivity index (χ1v) is 5.59. The van der Waals surface area contributed by atoms with E-state index in [0.717, 1.165) is 19.3 Å². The van der Waals surface area contributed by atoms with Gasteiger partial charge in [0.15, 0.2) is 0 Å². The van der Waals surface area contributed by atoms with E-state index < -0.39 is 5.97 Å². The molecule has 2 aliphatic carbocycles. The average molecular weight is 209 g/mol. The van der Waals surface area contributed by atoms with E-state index in [2.05, 4.69) is 0 Å². The van der Waals surface area contributed by atoms with Gasteiger partial charge < -0.3 is 9.84 Å². The van der Waals surface area contributed by atoms with Crippen molar-refractivity contribution in [3.05, 3.63) is 18.3 Å². The Morgan fingerprint density at radius 3 is 2.93 bits per heavy atom. The number of rotatable bonds is 4. The molecule has 0 aromatic heterocycles. The van der Waals surface area contributed by atoms with Gasteiger partial charge in [-0.1, -0.05) is 11.6 Å². The van der Waals surface area contributed by atoms with Crippen LogP contribution in [0.5, 0.6) is 0 Å². The van der Waals surface area contributed by atoms with Gasteiger partial charge in [0.2, 0.25) is 0 Å². The van der Waals surface area contributed by atoms with E-state index in [1.807, 2.05) is 13.0 Å². The van der Waals surface area contributed by atoms with Gasteiger partial charge >= 0.3 is 5.97 Å². The largest absolute Gasteiger partial charge is 0.481 e. The summed E-state index contributed by atoms with van der Waals surface area (Å²) in [6, 6.07) is 0. The second-order valence-corrected chi connectivity index (χ2v) is 4.41. The number of ether oxygens (including phenoxy) is 1. The number of hydrogen-bond donors (Lipinski definition) is 1. The van der Waals surface area contributed by atoms with Crippen molar-refractivity contribution in [1.82, 2.24) is 0 Å². The molecule has 1 radical (unpaired) electrons. The summed E-state index contributed by atoms with van der Waals surface area (Å²) in [4.78, 5) is 10.9. The quantitative estimate of drug-likeness (QED) is 0.722. The van der Waals surface area contributed by atoms with Crippen LogP contribution in [0.25, 0.3) is 0 Å². The van der Waals surface area contributed by atoms with E-state index in [4.69, 9.17) is 9.84 Å². The summed E-state index contributed by atoms with van der Waals surface area (Å²) in [5.41, 5.74) is 1.38. The Hall–Kier alpha value is -0.830. The highest BCUT2D eigenvalue weighted by Crippen LogP contribution is 2.51. The fourth-order valence-corrected chi connectivity index (χ4v) is 2.86. The smallest absolute Gasteiger partial charge is 0.306 e. The molecule has 3 atom stereocenters. The first-order valence-electron chi connectivity index (χ1n) is 5.59. The van der Waals surface area contributed by atoms with E-state index in [1.54, 1.807) is 6.61 Å². The van der Waals surface area contributed by atoms with Crippen molar-refractivity contribution in [2.75, 3.05) is 6.61 Å². The van der Waals surface area contributed by atoms with Crippen molar-refractivity contribution in [2.24, 2.45) is 17.8 Å². The van der Waals surface area contributed by atoms with Crippen LogP contribution < -0.4 is 0 Å². The molecule has 0 amide bonds. The highest BCUT2D eigenvalue weighted by Gasteiger charge is 2.45. The molecule has 0 aromatic carbocycles. The Balaban J connectivity index is 1.91. The predicted molar refractivity (Wildman–Crippen MR) is 56.0 cm³/mol. The Labute approximate surface area is 90.1 Å². The molecule has 83 valence electrons. The van der Waals surface area contributed by atoms with Crippen LogP contribution >= 0.6 is 0 Å². The zero-order valence-electron chi connectivity index (χ0n) is 8.98. The molecule has 2 bridgehead atoms. The van der Waals surface area contributed by atoms with Gasteiger partial charge in [0.1, 0.15) is 6.61 Å². The molecule has 3 heteroatoms. The van der Waals surface area contributed by atoms with Crippen LogP contribution in [0.4, 0.5) is 0 Å². The molecule has 0 aliphatic heterocycles. The maximum atomic E-state index is 10.9. The number of hydrogen-bond acceptors (Lipinski definition) is 2. The summed E-state index contributed by atoms with van der Waals surface area (Å²) in [5.74, 6) is 0.149. The molecule has 0 aromatic rings. The molecular weight excluding hydrogens is 192 g/mol. The standard InChI is InChI=1S/C12H17O3/c1-2-15-4-3-8-5-10-6-9(8)7-11(10)12(13)14/h3-4,9-11H,2,5-7H2,1H3,(H,13,14). The first kappa shape index (κ1) is 10.7. The second kappa shape index (κ2) is 4.35. The average Bonchev–Trinajstić information content (AvgIpc) is 2.76. The molecule has 0 saturated heterocycles. The molecular formula is C12H17O3. The van der Waals surface area contributed by atoms with Gasteiger partial charge in [-0.05, 0) is 38.0 Å². The highest BCUT2D eigenvalue weighted by atomic mass is 16.5. The molecule has 2 fully saturated rings. The summed E-state index contributed by atoms with van der Waals surface area (Å²) in [5, 5.41) is 8.98. The third-order valence-corrected chi connectivity index (χ3v) is 3.58. The number of aliphatic carboxylic acids is 1. The van der Waals surface area contributed by atoms with Gasteiger partial charge in [-0.15, -0.1) is 0 Å². The summed E-state index contributed by atoms with van der Waals surface area (Å²) in [6.07, 6.45) is 4.87. The minimum atomic E-state index is -0.615. The molecule has 2 rings (SSSR count). The van der Waals surface area contributed by atoms with Crippen molar-refractivity contribution in [2.45, 2.75) is 26.2 Å². The molecule has 2 aliphatic rings. The highest BCUT2D eigenvalue weighted by molar-refractivity contribution is 5.71. The number of carbonyl (C=O) groups is 1. The van der Waals surface area contributed by atoms with E-state index in [0.29, 0.717) is 18.4 Å². The van der Waals surface area contributed by atoms with Gasteiger partial charge in [-0.2, -0.15) is 0 Å². The summed E-state index contributed by atoms with van der Waals surface area (Å²) >= 11 is 0. The second-order valence-electron chi connectivity index (χ2n) is 4.41. The lowest BCUT2D eigenvalue weighted by Gasteiger charge is -2.19. The molecule has 15 heavy (non-hydrogen) atoms. The minimum Gasteiger partial charge on any atom is -0.481 e. The third kappa shape index (κ3) is 2.07. The summed E-state index contributed by atoms with van der Waals surface area (Å²) < 4.78 is 5.16. The van der Waals surface area contributed by atoms with Crippen LogP contribution in [0, 0.1) is 24.4 Å². The molecule has 1 N–H and O–H groups in total. The van der Waals surface area contributed by atoms with E-state index in [-0.39, 0.29) is 5.92 Å². The van der Waals surface area contributed by atoms with Gasteiger partial charge in [0.05, 0.1) is 5.92 Å². The Morgan fingerprint density at radius 2 is 2.40 bits per heavy atom. The van der Waals surface area contributed by atoms with Crippen LogP contribution in [0.2, 0.25) is 0 Å². The number of carboxylic acids is 1. The van der Waals surface area contributed by atoms with Crippen LogP contribution in [-0.4, -0.2) is 17.7 Å². The zero-order chi connectivity index (χ0) is 10.8. The lowest BCUT2D eigenvalue weighted by Crippen LogP contribution is -2.20. The molecule has 3 unspecified atom stereocenters. The first-order chi connectivity index (χ1) is 7.22. The van der Waals surface area contributed by atoms with Crippen molar-refractivity contribution in [1.29, 1.82) is 0 Å². The van der Waals surface area contributed by atoms with Gasteiger partial charge in [0, 0.05) is 6.61 Å². The van der Waals surface area contributed by atoms with Crippen LogP contribution in [0.1, 0.15) is 26.2 Å². The molecule has 0 heterocycles. The Bertz CT molecular complexity index is 283.